The van der Waals surface area contributed by atoms with Crippen molar-refractivity contribution in [1.82, 2.24) is 4.90 Å². The highest BCUT2D eigenvalue weighted by Gasteiger charge is 2.28. The number of amides is 1. The number of rotatable bonds is 1. The highest BCUT2D eigenvalue weighted by atomic mass is 32.1. The van der Waals surface area contributed by atoms with Crippen molar-refractivity contribution < 1.29 is 9.59 Å². The van der Waals surface area contributed by atoms with Gasteiger partial charge in [0.25, 0.3) is 5.91 Å². The molecule has 1 fully saturated rings. The van der Waals surface area contributed by atoms with Crippen LogP contribution in [0.15, 0.2) is 6.07 Å². The van der Waals surface area contributed by atoms with Crippen LogP contribution in [-0.2, 0) is 17.6 Å². The second-order valence-corrected chi connectivity index (χ2v) is 6.77. The molecular formula is C15H19NO2S. The van der Waals surface area contributed by atoms with Crippen LogP contribution in [-0.4, -0.2) is 29.7 Å². The number of carbonyl (C=O) groups excluding carboxylic acids is 2. The van der Waals surface area contributed by atoms with E-state index in [0.717, 1.165) is 17.7 Å². The molecule has 0 bridgehead atoms. The van der Waals surface area contributed by atoms with Crippen molar-refractivity contribution in [2.75, 3.05) is 13.1 Å². The van der Waals surface area contributed by atoms with Gasteiger partial charge in [-0.05, 0) is 37.3 Å². The fourth-order valence-electron chi connectivity index (χ4n) is 2.95. The van der Waals surface area contributed by atoms with Crippen LogP contribution in [0.25, 0.3) is 0 Å². The van der Waals surface area contributed by atoms with E-state index >= 15 is 0 Å². The molecule has 2 heterocycles. The molecule has 1 amide bonds. The van der Waals surface area contributed by atoms with Gasteiger partial charge in [-0.25, -0.2) is 0 Å². The second-order valence-electron chi connectivity index (χ2n) is 5.63. The molecule has 4 heteroatoms. The maximum absolute atomic E-state index is 12.5. The number of hydrogen-bond acceptors (Lipinski definition) is 3. The van der Waals surface area contributed by atoms with Gasteiger partial charge in [-0.15, -0.1) is 11.3 Å². The Morgan fingerprint density at radius 1 is 1.32 bits per heavy atom. The third-order valence-electron chi connectivity index (χ3n) is 4.17. The Labute approximate surface area is 117 Å². The third-order valence-corrected chi connectivity index (χ3v) is 5.39. The quantitative estimate of drug-likeness (QED) is 0.791. The van der Waals surface area contributed by atoms with Gasteiger partial charge >= 0.3 is 0 Å². The number of Topliss-reactive ketones (excluding diaryl/α,β-unsaturated/α-hetero) is 1. The summed E-state index contributed by atoms with van der Waals surface area (Å²) in [6.45, 7) is 3.09. The molecule has 1 atom stereocenters. The molecular weight excluding hydrogens is 258 g/mol. The summed E-state index contributed by atoms with van der Waals surface area (Å²) in [4.78, 5) is 28.1. The first-order valence-electron chi connectivity index (χ1n) is 7.08. The molecule has 0 spiro atoms. The van der Waals surface area contributed by atoms with Gasteiger partial charge in [0.2, 0.25) is 0 Å². The summed E-state index contributed by atoms with van der Waals surface area (Å²) in [7, 11) is 0. The van der Waals surface area contributed by atoms with Crippen LogP contribution >= 0.6 is 11.3 Å². The van der Waals surface area contributed by atoms with Crippen molar-refractivity contribution in [1.29, 1.82) is 0 Å². The van der Waals surface area contributed by atoms with E-state index in [2.05, 4.69) is 6.07 Å². The van der Waals surface area contributed by atoms with Crippen LogP contribution in [0.4, 0.5) is 0 Å². The molecule has 0 N–H and O–H groups in total. The van der Waals surface area contributed by atoms with Gasteiger partial charge in [0, 0.05) is 30.3 Å². The van der Waals surface area contributed by atoms with Crippen LogP contribution < -0.4 is 0 Å². The molecule has 19 heavy (non-hydrogen) atoms. The average molecular weight is 277 g/mol. The minimum Gasteiger partial charge on any atom is -0.337 e. The summed E-state index contributed by atoms with van der Waals surface area (Å²) in [6.07, 6.45) is 5.25. The van der Waals surface area contributed by atoms with Gasteiger partial charge in [-0.3, -0.25) is 9.59 Å². The number of ketones is 1. The fraction of sp³-hybridized carbons (Fsp3) is 0.600. The second kappa shape index (κ2) is 5.08. The smallest absolute Gasteiger partial charge is 0.263 e. The molecule has 3 nitrogen and oxygen atoms in total. The molecule has 1 aromatic rings. The SMILES string of the molecule is CC1CN(C(=O)c2cc3c(s2)CCCC3)CCC1=O. The van der Waals surface area contributed by atoms with Gasteiger partial charge in [0.1, 0.15) is 5.78 Å². The highest BCUT2D eigenvalue weighted by molar-refractivity contribution is 7.14. The van der Waals surface area contributed by atoms with Crippen molar-refractivity contribution in [3.63, 3.8) is 0 Å². The molecule has 1 unspecified atom stereocenters. The summed E-state index contributed by atoms with van der Waals surface area (Å²) in [5.41, 5.74) is 1.38. The lowest BCUT2D eigenvalue weighted by Crippen LogP contribution is -2.42. The third kappa shape index (κ3) is 2.46. The van der Waals surface area contributed by atoms with Crippen molar-refractivity contribution in [3.05, 3.63) is 21.4 Å². The maximum atomic E-state index is 12.5. The zero-order valence-corrected chi connectivity index (χ0v) is 12.1. The largest absolute Gasteiger partial charge is 0.337 e. The lowest BCUT2D eigenvalue weighted by Gasteiger charge is -2.29. The number of likely N-dealkylation sites (tertiary alicyclic amines) is 1. The van der Waals surface area contributed by atoms with Crippen molar-refractivity contribution in [3.8, 4) is 0 Å². The molecule has 0 radical (unpaired) electrons. The van der Waals surface area contributed by atoms with Crippen LogP contribution in [0.5, 0.6) is 0 Å². The summed E-state index contributed by atoms with van der Waals surface area (Å²) >= 11 is 1.66. The van der Waals surface area contributed by atoms with Gasteiger partial charge in [0.05, 0.1) is 4.88 Å². The number of nitrogens with zero attached hydrogens (tertiary/aromatic N) is 1. The first-order valence-corrected chi connectivity index (χ1v) is 7.90. The fourth-order valence-corrected chi connectivity index (χ4v) is 4.17. The highest BCUT2D eigenvalue weighted by Crippen LogP contribution is 2.30. The minimum absolute atomic E-state index is 0.00714. The number of carbonyl (C=O) groups is 2. The normalized spacial score (nSPS) is 23.3. The van der Waals surface area contributed by atoms with E-state index in [9.17, 15) is 9.59 Å². The van der Waals surface area contributed by atoms with Crippen molar-refractivity contribution in [2.45, 2.75) is 39.0 Å². The van der Waals surface area contributed by atoms with Crippen LogP contribution in [0.1, 0.15) is 46.3 Å². The molecule has 1 aliphatic heterocycles. The standard InChI is InChI=1S/C15H19NO2S/c1-10-9-16(7-6-12(10)17)15(18)14-8-11-4-2-3-5-13(11)19-14/h8,10H,2-7,9H2,1H3. The first-order chi connectivity index (χ1) is 9.15. The number of hydrogen-bond donors (Lipinski definition) is 0. The van der Waals surface area contributed by atoms with E-state index in [4.69, 9.17) is 0 Å². The summed E-state index contributed by atoms with van der Waals surface area (Å²) < 4.78 is 0. The Morgan fingerprint density at radius 2 is 2.11 bits per heavy atom. The first kappa shape index (κ1) is 12.9. The predicted octanol–water partition coefficient (Wildman–Crippen LogP) is 2.68. The molecule has 0 aromatic carbocycles. The Hall–Kier alpha value is -1.16. The Bertz CT molecular complexity index is 497. The number of piperidine rings is 1. The zero-order valence-electron chi connectivity index (χ0n) is 11.3. The Kier molecular flexibility index (Phi) is 3.44. The maximum Gasteiger partial charge on any atom is 0.263 e. The van der Waals surface area contributed by atoms with Gasteiger partial charge in [0.15, 0.2) is 0 Å². The van der Waals surface area contributed by atoms with E-state index in [1.165, 1.54) is 23.3 Å². The average Bonchev–Trinajstić information content (AvgIpc) is 2.85. The van der Waals surface area contributed by atoms with Crippen molar-refractivity contribution >= 4 is 23.0 Å². The van der Waals surface area contributed by atoms with Crippen LogP contribution in [0.3, 0.4) is 0 Å². The number of aryl methyl sites for hydroxylation is 2. The topological polar surface area (TPSA) is 37.4 Å². The summed E-state index contributed by atoms with van der Waals surface area (Å²) in [5, 5.41) is 0. The molecule has 2 aliphatic rings. The van der Waals surface area contributed by atoms with Crippen LogP contribution in [0, 0.1) is 5.92 Å². The molecule has 1 saturated heterocycles. The lowest BCUT2D eigenvalue weighted by atomic mass is 9.98. The van der Waals surface area contributed by atoms with E-state index in [1.54, 1.807) is 11.3 Å². The number of fused-ring (bicyclic) bond motifs is 1. The molecule has 1 aliphatic carbocycles. The monoisotopic (exact) mass is 277 g/mol. The van der Waals surface area contributed by atoms with Gasteiger partial charge in [-0.1, -0.05) is 6.92 Å². The lowest BCUT2D eigenvalue weighted by molar-refractivity contribution is -0.124. The molecule has 0 saturated carbocycles. The predicted molar refractivity (Wildman–Crippen MR) is 75.7 cm³/mol. The zero-order chi connectivity index (χ0) is 13.4. The van der Waals surface area contributed by atoms with Gasteiger partial charge < -0.3 is 4.90 Å². The van der Waals surface area contributed by atoms with E-state index in [1.807, 2.05) is 11.8 Å². The molecule has 3 rings (SSSR count). The summed E-state index contributed by atoms with van der Waals surface area (Å²) in [6, 6.07) is 2.09. The summed E-state index contributed by atoms with van der Waals surface area (Å²) in [5.74, 6) is 0.403. The Morgan fingerprint density at radius 3 is 2.84 bits per heavy atom. The number of thiophene rings is 1. The van der Waals surface area contributed by atoms with Crippen LogP contribution in [0.2, 0.25) is 0 Å². The molecule has 1 aromatic heterocycles. The minimum atomic E-state index is -0.00714. The van der Waals surface area contributed by atoms with E-state index in [0.29, 0.717) is 19.5 Å². The van der Waals surface area contributed by atoms with E-state index in [-0.39, 0.29) is 17.6 Å². The van der Waals surface area contributed by atoms with Crippen molar-refractivity contribution in [2.24, 2.45) is 5.92 Å². The van der Waals surface area contributed by atoms with Gasteiger partial charge in [-0.2, -0.15) is 0 Å². The molecule has 102 valence electrons. The van der Waals surface area contributed by atoms with E-state index < -0.39 is 0 Å². The Balaban J connectivity index is 1.76.